The summed E-state index contributed by atoms with van der Waals surface area (Å²) in [4.78, 5) is 26.5. The van der Waals surface area contributed by atoms with Crippen molar-refractivity contribution in [2.45, 2.75) is 5.16 Å². The molecule has 27 heavy (non-hydrogen) atoms. The van der Waals surface area contributed by atoms with Gasteiger partial charge in [0.1, 0.15) is 5.75 Å². The normalized spacial score (nSPS) is 10.4. The van der Waals surface area contributed by atoms with Crippen molar-refractivity contribution >= 4 is 29.0 Å². The zero-order valence-corrected chi connectivity index (χ0v) is 15.0. The number of aromatic amines is 1. The Morgan fingerprint density at radius 2 is 1.93 bits per heavy atom. The number of nitro benzene ring substituents is 1. The van der Waals surface area contributed by atoms with E-state index >= 15 is 0 Å². The first-order valence-electron chi connectivity index (χ1n) is 7.79. The number of hydrogen-bond donors (Lipinski definition) is 2. The summed E-state index contributed by atoms with van der Waals surface area (Å²) in [6, 6.07) is 13.0. The first-order chi connectivity index (χ1) is 13.0. The van der Waals surface area contributed by atoms with Gasteiger partial charge in [0.2, 0.25) is 11.1 Å². The fourth-order valence-corrected chi connectivity index (χ4v) is 2.78. The monoisotopic (exact) mass is 385 g/mol. The Labute approximate surface area is 158 Å². The fourth-order valence-electron chi connectivity index (χ4n) is 2.18. The van der Waals surface area contributed by atoms with E-state index in [-0.39, 0.29) is 17.3 Å². The van der Waals surface area contributed by atoms with Gasteiger partial charge in [-0.1, -0.05) is 11.8 Å². The molecule has 0 unspecified atom stereocenters. The SMILES string of the molecule is COc1ccc(-c2nc(SCC(=O)Nc3ccc([N+](=O)[O-])cc3)n[nH]2)cc1. The number of H-pyrrole nitrogens is 1. The number of nitrogens with zero attached hydrogens (tertiary/aromatic N) is 3. The van der Waals surface area contributed by atoms with Crippen LogP contribution in [0.15, 0.2) is 53.7 Å². The molecule has 3 aromatic rings. The molecule has 0 saturated heterocycles. The Balaban J connectivity index is 1.54. The lowest BCUT2D eigenvalue weighted by Gasteiger charge is -2.03. The van der Waals surface area contributed by atoms with Crippen LogP contribution in [0.25, 0.3) is 11.4 Å². The predicted molar refractivity (Wildman–Crippen MR) is 101 cm³/mol. The average molecular weight is 385 g/mol. The molecule has 0 bridgehead atoms. The molecule has 0 radical (unpaired) electrons. The van der Waals surface area contributed by atoms with Gasteiger partial charge in [-0.3, -0.25) is 20.0 Å². The largest absolute Gasteiger partial charge is 0.497 e. The molecule has 0 aliphatic carbocycles. The minimum absolute atomic E-state index is 0.0332. The fraction of sp³-hybridized carbons (Fsp3) is 0.118. The molecule has 1 amide bonds. The molecule has 2 aromatic carbocycles. The number of nitrogens with one attached hydrogen (secondary N) is 2. The van der Waals surface area contributed by atoms with Gasteiger partial charge in [-0.15, -0.1) is 5.10 Å². The molecule has 3 rings (SSSR count). The number of methoxy groups -OCH3 is 1. The van der Waals surface area contributed by atoms with Crippen molar-refractivity contribution in [3.05, 3.63) is 58.6 Å². The topological polar surface area (TPSA) is 123 Å². The highest BCUT2D eigenvalue weighted by atomic mass is 32.2. The number of nitro groups is 1. The van der Waals surface area contributed by atoms with Crippen molar-refractivity contribution in [2.24, 2.45) is 0 Å². The van der Waals surface area contributed by atoms with Crippen LogP contribution in [0.5, 0.6) is 5.75 Å². The Bertz CT molecular complexity index is 941. The number of thioether (sulfide) groups is 1. The number of carbonyl (C=O) groups is 1. The van der Waals surface area contributed by atoms with Gasteiger partial charge in [0.15, 0.2) is 5.82 Å². The Morgan fingerprint density at radius 1 is 1.22 bits per heavy atom. The molecule has 2 N–H and O–H groups in total. The molecule has 10 heteroatoms. The number of ether oxygens (including phenoxy) is 1. The summed E-state index contributed by atoms with van der Waals surface area (Å²) >= 11 is 1.18. The predicted octanol–water partition coefficient (Wildman–Crippen LogP) is 3.12. The van der Waals surface area contributed by atoms with E-state index in [2.05, 4.69) is 20.5 Å². The van der Waals surface area contributed by atoms with E-state index in [9.17, 15) is 14.9 Å². The number of hydrogen-bond acceptors (Lipinski definition) is 7. The summed E-state index contributed by atoms with van der Waals surface area (Å²) in [5.74, 6) is 1.19. The van der Waals surface area contributed by atoms with Gasteiger partial charge >= 0.3 is 0 Å². The van der Waals surface area contributed by atoms with E-state index in [1.807, 2.05) is 24.3 Å². The number of rotatable bonds is 7. The maximum atomic E-state index is 12.0. The van der Waals surface area contributed by atoms with E-state index in [4.69, 9.17) is 4.74 Å². The van der Waals surface area contributed by atoms with E-state index in [0.29, 0.717) is 16.7 Å². The molecule has 0 saturated carbocycles. The van der Waals surface area contributed by atoms with Crippen molar-refractivity contribution < 1.29 is 14.5 Å². The summed E-state index contributed by atoms with van der Waals surface area (Å²) in [6.45, 7) is 0. The number of aromatic nitrogens is 3. The Kier molecular flexibility index (Phi) is 5.67. The van der Waals surface area contributed by atoms with Crippen LogP contribution in [0, 0.1) is 10.1 Å². The smallest absolute Gasteiger partial charge is 0.269 e. The third-order valence-corrected chi connectivity index (χ3v) is 4.37. The quantitative estimate of drug-likeness (QED) is 0.364. The van der Waals surface area contributed by atoms with Crippen LogP contribution < -0.4 is 10.1 Å². The zero-order valence-electron chi connectivity index (χ0n) is 14.2. The molecule has 9 nitrogen and oxygen atoms in total. The van der Waals surface area contributed by atoms with Gasteiger partial charge in [-0.25, -0.2) is 4.98 Å². The van der Waals surface area contributed by atoms with Crippen LogP contribution in [-0.4, -0.2) is 38.9 Å². The number of carbonyl (C=O) groups excluding carboxylic acids is 1. The number of amides is 1. The number of non-ortho nitro benzene ring substituents is 1. The van der Waals surface area contributed by atoms with Crippen molar-refractivity contribution in [3.63, 3.8) is 0 Å². The second kappa shape index (κ2) is 8.32. The van der Waals surface area contributed by atoms with Crippen LogP contribution in [0.2, 0.25) is 0 Å². The molecular weight excluding hydrogens is 370 g/mol. The average Bonchev–Trinajstić information content (AvgIpc) is 3.16. The third kappa shape index (κ3) is 4.82. The number of anilines is 1. The van der Waals surface area contributed by atoms with Gasteiger partial charge < -0.3 is 10.1 Å². The van der Waals surface area contributed by atoms with Crippen molar-refractivity contribution in [2.75, 3.05) is 18.2 Å². The lowest BCUT2D eigenvalue weighted by Crippen LogP contribution is -2.14. The highest BCUT2D eigenvalue weighted by Gasteiger charge is 2.10. The summed E-state index contributed by atoms with van der Waals surface area (Å²) < 4.78 is 5.11. The molecule has 0 fully saturated rings. The van der Waals surface area contributed by atoms with Gasteiger partial charge in [0, 0.05) is 23.4 Å². The van der Waals surface area contributed by atoms with Crippen LogP contribution >= 0.6 is 11.8 Å². The highest BCUT2D eigenvalue weighted by molar-refractivity contribution is 7.99. The summed E-state index contributed by atoms with van der Waals surface area (Å²) in [5.41, 5.74) is 1.31. The standard InChI is InChI=1S/C17H15N5O4S/c1-26-14-8-2-11(3-9-14)16-19-17(21-20-16)27-10-15(23)18-12-4-6-13(7-5-12)22(24)25/h2-9H,10H2,1H3,(H,18,23)(H,19,20,21). The minimum Gasteiger partial charge on any atom is -0.497 e. The summed E-state index contributed by atoms with van der Waals surface area (Å²) in [6.07, 6.45) is 0. The molecule has 1 aromatic heterocycles. The van der Waals surface area contributed by atoms with Crippen LogP contribution in [0.4, 0.5) is 11.4 Å². The van der Waals surface area contributed by atoms with E-state index < -0.39 is 4.92 Å². The minimum atomic E-state index is -0.495. The molecule has 0 atom stereocenters. The first kappa shape index (κ1) is 18.4. The van der Waals surface area contributed by atoms with Gasteiger partial charge in [0.25, 0.3) is 5.69 Å². The maximum Gasteiger partial charge on any atom is 0.269 e. The summed E-state index contributed by atoms with van der Waals surface area (Å²) in [5, 5.41) is 20.7. The highest BCUT2D eigenvalue weighted by Crippen LogP contribution is 2.22. The van der Waals surface area contributed by atoms with Gasteiger partial charge in [0.05, 0.1) is 17.8 Å². The second-order valence-electron chi connectivity index (χ2n) is 5.34. The van der Waals surface area contributed by atoms with E-state index in [1.165, 1.54) is 36.0 Å². The third-order valence-electron chi connectivity index (χ3n) is 3.52. The molecule has 0 spiro atoms. The number of benzene rings is 2. The van der Waals surface area contributed by atoms with Gasteiger partial charge in [-0.2, -0.15) is 0 Å². The lowest BCUT2D eigenvalue weighted by molar-refractivity contribution is -0.384. The molecule has 0 aliphatic rings. The summed E-state index contributed by atoms with van der Waals surface area (Å²) in [7, 11) is 1.60. The van der Waals surface area contributed by atoms with Gasteiger partial charge in [-0.05, 0) is 36.4 Å². The first-order valence-corrected chi connectivity index (χ1v) is 8.77. The maximum absolute atomic E-state index is 12.0. The molecule has 0 aliphatic heterocycles. The Hall–Kier alpha value is -3.40. The van der Waals surface area contributed by atoms with Crippen LogP contribution in [0.1, 0.15) is 0 Å². The van der Waals surface area contributed by atoms with Crippen molar-refractivity contribution in [3.8, 4) is 17.1 Å². The van der Waals surface area contributed by atoms with E-state index in [1.54, 1.807) is 7.11 Å². The van der Waals surface area contributed by atoms with E-state index in [0.717, 1.165) is 11.3 Å². The second-order valence-corrected chi connectivity index (χ2v) is 6.28. The molecule has 1 heterocycles. The zero-order chi connectivity index (χ0) is 19.2. The van der Waals surface area contributed by atoms with Crippen LogP contribution in [0.3, 0.4) is 0 Å². The molecule has 138 valence electrons. The molecular formula is C17H15N5O4S. The lowest BCUT2D eigenvalue weighted by atomic mass is 10.2. The Morgan fingerprint density at radius 3 is 2.56 bits per heavy atom. The van der Waals surface area contributed by atoms with Crippen molar-refractivity contribution in [1.29, 1.82) is 0 Å². The van der Waals surface area contributed by atoms with Crippen molar-refractivity contribution in [1.82, 2.24) is 15.2 Å². The van der Waals surface area contributed by atoms with Crippen LogP contribution in [-0.2, 0) is 4.79 Å².